The third-order valence-electron chi connectivity index (χ3n) is 2.16. The molecule has 0 saturated heterocycles. The van der Waals surface area contributed by atoms with Gasteiger partial charge in [0.2, 0.25) is 0 Å². The molecule has 7 heteroatoms. The average Bonchev–Trinajstić information content (AvgIpc) is 2.26. The minimum atomic E-state index is -4.44. The average molecular weight is 267 g/mol. The Bertz CT molecular complexity index is 395. The summed E-state index contributed by atoms with van der Waals surface area (Å²) in [5.41, 5.74) is 2.24. The number of hydrogen-bond donors (Lipinski definition) is 1. The highest BCUT2D eigenvalue weighted by Gasteiger charge is 2.28. The zero-order valence-electron chi connectivity index (χ0n) is 9.84. The van der Waals surface area contributed by atoms with Crippen molar-refractivity contribution in [2.45, 2.75) is 19.1 Å². The molecule has 0 spiro atoms. The predicted molar refractivity (Wildman–Crippen MR) is 56.5 cm³/mol. The van der Waals surface area contributed by atoms with E-state index >= 15 is 0 Å². The Hall–Kier alpha value is -1.34. The first-order chi connectivity index (χ1) is 8.35. The van der Waals surface area contributed by atoms with Crippen LogP contribution in [-0.2, 0) is 4.84 Å². The van der Waals surface area contributed by atoms with Gasteiger partial charge in [-0.1, -0.05) is 6.07 Å². The number of benzene rings is 1. The molecule has 1 unspecified atom stereocenters. The number of nitrogens with one attached hydrogen (secondary N) is 1. The van der Waals surface area contributed by atoms with E-state index in [1.54, 1.807) is 0 Å². The maximum Gasteiger partial charge on any atom is 0.413 e. The van der Waals surface area contributed by atoms with Gasteiger partial charge in [-0.25, -0.2) is 4.39 Å². The Morgan fingerprint density at radius 2 is 2.00 bits per heavy atom. The Morgan fingerprint density at radius 3 is 2.56 bits per heavy atom. The van der Waals surface area contributed by atoms with Gasteiger partial charge >= 0.3 is 6.18 Å². The number of halogens is 4. The molecular formula is C11H13F4NO2. The highest BCUT2D eigenvalue weighted by Crippen LogP contribution is 2.27. The number of methoxy groups -OCH3 is 1. The SMILES string of the molecule is COc1cccc(F)c1C(C)NOCC(F)(F)F. The number of hydroxylamine groups is 1. The lowest BCUT2D eigenvalue weighted by Crippen LogP contribution is -2.27. The standard InChI is InChI=1S/C11H13F4NO2/c1-7(16-18-6-11(13,14)15)10-8(12)4-3-5-9(10)17-2/h3-5,7,16H,6H2,1-2H3. The molecule has 0 bridgehead atoms. The van der Waals surface area contributed by atoms with Crippen LogP contribution in [0.4, 0.5) is 17.6 Å². The molecule has 102 valence electrons. The normalized spacial score (nSPS) is 13.4. The van der Waals surface area contributed by atoms with E-state index in [2.05, 4.69) is 10.3 Å². The summed E-state index contributed by atoms with van der Waals surface area (Å²) in [6.07, 6.45) is -4.44. The fraction of sp³-hybridized carbons (Fsp3) is 0.455. The molecule has 3 nitrogen and oxygen atoms in total. The summed E-state index contributed by atoms with van der Waals surface area (Å²) >= 11 is 0. The van der Waals surface area contributed by atoms with Crippen molar-refractivity contribution in [2.24, 2.45) is 0 Å². The molecule has 0 radical (unpaired) electrons. The van der Waals surface area contributed by atoms with Crippen LogP contribution >= 0.6 is 0 Å². The maximum absolute atomic E-state index is 13.6. The third-order valence-corrected chi connectivity index (χ3v) is 2.16. The van der Waals surface area contributed by atoms with Crippen LogP contribution < -0.4 is 10.2 Å². The molecule has 1 N–H and O–H groups in total. The van der Waals surface area contributed by atoms with Gasteiger partial charge < -0.3 is 4.74 Å². The molecular weight excluding hydrogens is 254 g/mol. The van der Waals surface area contributed by atoms with Gasteiger partial charge in [0.05, 0.1) is 13.2 Å². The van der Waals surface area contributed by atoms with Gasteiger partial charge in [0.25, 0.3) is 0 Å². The van der Waals surface area contributed by atoms with E-state index in [0.29, 0.717) is 0 Å². The summed E-state index contributed by atoms with van der Waals surface area (Å²) in [5.74, 6) is -0.337. The maximum atomic E-state index is 13.6. The summed E-state index contributed by atoms with van der Waals surface area (Å²) in [6, 6.07) is 3.38. The van der Waals surface area contributed by atoms with Crippen LogP contribution in [0, 0.1) is 5.82 Å². The van der Waals surface area contributed by atoms with Crippen LogP contribution in [0.3, 0.4) is 0 Å². The molecule has 0 aliphatic heterocycles. The van der Waals surface area contributed by atoms with E-state index in [4.69, 9.17) is 4.74 Å². The molecule has 1 aromatic carbocycles. The fourth-order valence-electron chi connectivity index (χ4n) is 1.42. The summed E-state index contributed by atoms with van der Waals surface area (Å²) in [5, 5.41) is 0. The van der Waals surface area contributed by atoms with Crippen molar-refractivity contribution in [3.05, 3.63) is 29.6 Å². The fourth-order valence-corrected chi connectivity index (χ4v) is 1.42. The molecule has 0 saturated carbocycles. The Labute approximate surface area is 102 Å². The number of alkyl halides is 3. The number of hydrogen-bond acceptors (Lipinski definition) is 3. The van der Waals surface area contributed by atoms with E-state index in [0.717, 1.165) is 0 Å². The second kappa shape index (κ2) is 6.01. The molecule has 1 atom stereocenters. The molecule has 0 fully saturated rings. The summed E-state index contributed by atoms with van der Waals surface area (Å²) < 4.78 is 54.1. The lowest BCUT2D eigenvalue weighted by Gasteiger charge is -2.18. The minimum Gasteiger partial charge on any atom is -0.496 e. The van der Waals surface area contributed by atoms with Gasteiger partial charge in [-0.3, -0.25) is 4.84 Å². The molecule has 0 heterocycles. The van der Waals surface area contributed by atoms with Gasteiger partial charge in [-0.15, -0.1) is 0 Å². The van der Waals surface area contributed by atoms with Crippen molar-refractivity contribution >= 4 is 0 Å². The zero-order chi connectivity index (χ0) is 13.8. The van der Waals surface area contributed by atoms with Crippen LogP contribution in [0.15, 0.2) is 18.2 Å². The summed E-state index contributed by atoms with van der Waals surface area (Å²) in [4.78, 5) is 4.27. The van der Waals surface area contributed by atoms with Crippen molar-refractivity contribution in [3.63, 3.8) is 0 Å². The van der Waals surface area contributed by atoms with Crippen molar-refractivity contribution < 1.29 is 27.1 Å². The quantitative estimate of drug-likeness (QED) is 0.657. The van der Waals surface area contributed by atoms with Crippen LogP contribution in [0.5, 0.6) is 5.75 Å². The topological polar surface area (TPSA) is 30.5 Å². The molecule has 1 rings (SSSR count). The van der Waals surface area contributed by atoms with Crippen molar-refractivity contribution in [1.29, 1.82) is 0 Å². The largest absolute Gasteiger partial charge is 0.496 e. The first-order valence-corrected chi connectivity index (χ1v) is 5.11. The first kappa shape index (κ1) is 14.7. The second-order valence-electron chi connectivity index (χ2n) is 3.60. The molecule has 0 amide bonds. The monoisotopic (exact) mass is 267 g/mol. The minimum absolute atomic E-state index is 0.113. The second-order valence-corrected chi connectivity index (χ2v) is 3.60. The Balaban J connectivity index is 2.69. The molecule has 18 heavy (non-hydrogen) atoms. The number of ether oxygens (including phenoxy) is 1. The molecule has 1 aromatic rings. The van der Waals surface area contributed by atoms with Gasteiger partial charge in [0, 0.05) is 5.56 Å². The van der Waals surface area contributed by atoms with E-state index in [1.807, 2.05) is 0 Å². The third kappa shape index (κ3) is 4.15. The lowest BCUT2D eigenvalue weighted by molar-refractivity contribution is -0.192. The van der Waals surface area contributed by atoms with Gasteiger partial charge in [0.1, 0.15) is 11.6 Å². The highest BCUT2D eigenvalue weighted by molar-refractivity contribution is 5.36. The highest BCUT2D eigenvalue weighted by atomic mass is 19.4. The van der Waals surface area contributed by atoms with E-state index in [1.165, 1.54) is 32.2 Å². The smallest absolute Gasteiger partial charge is 0.413 e. The van der Waals surface area contributed by atoms with E-state index in [-0.39, 0.29) is 11.3 Å². The van der Waals surface area contributed by atoms with Gasteiger partial charge in [0.15, 0.2) is 6.61 Å². The number of rotatable bonds is 5. The van der Waals surface area contributed by atoms with Crippen LogP contribution in [0.1, 0.15) is 18.5 Å². The Morgan fingerprint density at radius 1 is 1.33 bits per heavy atom. The first-order valence-electron chi connectivity index (χ1n) is 5.11. The Kier molecular flexibility index (Phi) is 4.92. The van der Waals surface area contributed by atoms with Crippen molar-refractivity contribution in [3.8, 4) is 5.75 Å². The van der Waals surface area contributed by atoms with Gasteiger partial charge in [-0.2, -0.15) is 18.7 Å². The zero-order valence-corrected chi connectivity index (χ0v) is 9.84. The van der Waals surface area contributed by atoms with E-state index < -0.39 is 24.6 Å². The molecule has 0 aliphatic rings. The predicted octanol–water partition coefficient (Wildman–Crippen LogP) is 2.98. The van der Waals surface area contributed by atoms with Crippen LogP contribution in [-0.4, -0.2) is 19.9 Å². The molecule has 0 aromatic heterocycles. The summed E-state index contributed by atoms with van der Waals surface area (Å²) in [6.45, 7) is 0.0193. The molecule has 0 aliphatic carbocycles. The van der Waals surface area contributed by atoms with Crippen LogP contribution in [0.2, 0.25) is 0 Å². The lowest BCUT2D eigenvalue weighted by atomic mass is 10.1. The van der Waals surface area contributed by atoms with Crippen molar-refractivity contribution in [2.75, 3.05) is 13.7 Å². The van der Waals surface area contributed by atoms with Crippen molar-refractivity contribution in [1.82, 2.24) is 5.48 Å². The summed E-state index contributed by atoms with van der Waals surface area (Å²) in [7, 11) is 1.35. The van der Waals surface area contributed by atoms with Gasteiger partial charge in [-0.05, 0) is 19.1 Å². The van der Waals surface area contributed by atoms with Crippen LogP contribution in [0.25, 0.3) is 0 Å². The van der Waals surface area contributed by atoms with E-state index in [9.17, 15) is 17.6 Å².